The van der Waals surface area contributed by atoms with Crippen LogP contribution < -0.4 is 14.4 Å². The van der Waals surface area contributed by atoms with Crippen LogP contribution >= 0.6 is 23.7 Å². The third-order valence-corrected chi connectivity index (χ3v) is 5.23. The molecule has 0 unspecified atom stereocenters. The van der Waals surface area contributed by atoms with Crippen LogP contribution in [0.15, 0.2) is 36.4 Å². The molecule has 0 atom stereocenters. The van der Waals surface area contributed by atoms with Crippen molar-refractivity contribution in [3.63, 3.8) is 0 Å². The average Bonchev–Trinajstić information content (AvgIpc) is 3.11. The van der Waals surface area contributed by atoms with Crippen molar-refractivity contribution in [2.24, 2.45) is 0 Å². The molecule has 2 aromatic carbocycles. The highest BCUT2D eigenvalue weighted by atomic mass is 35.5. The molecule has 3 aromatic rings. The summed E-state index contributed by atoms with van der Waals surface area (Å²) in [6.07, 6.45) is 0. The zero-order valence-corrected chi connectivity index (χ0v) is 19.1. The number of hydrogen-bond acceptors (Lipinski definition) is 6. The summed E-state index contributed by atoms with van der Waals surface area (Å²) < 4.78 is 38.9. The third-order valence-electron chi connectivity index (χ3n) is 4.20. The van der Waals surface area contributed by atoms with Crippen LogP contribution in [-0.4, -0.2) is 56.2 Å². The maximum Gasteiger partial charge on any atom is 0.266 e. The van der Waals surface area contributed by atoms with Gasteiger partial charge in [-0.2, -0.15) is 0 Å². The summed E-state index contributed by atoms with van der Waals surface area (Å²) in [7, 11) is 3.76. The molecule has 0 saturated heterocycles. The summed E-state index contributed by atoms with van der Waals surface area (Å²) in [6, 6.07) is 8.96. The van der Waals surface area contributed by atoms with Gasteiger partial charge in [-0.05, 0) is 51.4 Å². The van der Waals surface area contributed by atoms with Crippen LogP contribution in [0.1, 0.15) is 6.92 Å². The van der Waals surface area contributed by atoms with Crippen molar-refractivity contribution in [3.8, 4) is 11.5 Å². The number of benzene rings is 2. The van der Waals surface area contributed by atoms with Crippen LogP contribution in [0, 0.1) is 11.6 Å². The SMILES string of the molecule is CCOc1ccc(OCC(=O)N(CCN(C)C)c2nc3c(F)cc(F)cc3s2)cc1.Cl. The van der Waals surface area contributed by atoms with Gasteiger partial charge in [0.25, 0.3) is 5.91 Å². The molecule has 0 spiro atoms. The van der Waals surface area contributed by atoms with Crippen LogP contribution in [0.25, 0.3) is 10.2 Å². The molecule has 3 rings (SSSR count). The van der Waals surface area contributed by atoms with Gasteiger partial charge in [0.05, 0.1) is 11.3 Å². The van der Waals surface area contributed by atoms with Gasteiger partial charge in [0.15, 0.2) is 17.6 Å². The Kier molecular flexibility index (Phi) is 8.97. The van der Waals surface area contributed by atoms with Crippen molar-refractivity contribution < 1.29 is 23.0 Å². The smallest absolute Gasteiger partial charge is 0.266 e. The first-order valence-corrected chi connectivity index (χ1v) is 10.3. The highest BCUT2D eigenvalue weighted by Gasteiger charge is 2.22. The fourth-order valence-corrected chi connectivity index (χ4v) is 3.76. The van der Waals surface area contributed by atoms with E-state index in [-0.39, 0.29) is 30.4 Å². The Bertz CT molecular complexity index is 1020. The van der Waals surface area contributed by atoms with E-state index in [0.29, 0.717) is 41.0 Å². The number of amides is 1. The predicted molar refractivity (Wildman–Crippen MR) is 121 cm³/mol. The zero-order chi connectivity index (χ0) is 21.7. The second-order valence-electron chi connectivity index (χ2n) is 6.77. The molecule has 31 heavy (non-hydrogen) atoms. The number of anilines is 1. The molecule has 1 heterocycles. The minimum Gasteiger partial charge on any atom is -0.494 e. The Morgan fingerprint density at radius 2 is 1.71 bits per heavy atom. The fraction of sp³-hybridized carbons (Fsp3) is 0.333. The molecule has 6 nitrogen and oxygen atoms in total. The molecule has 0 bridgehead atoms. The Hall–Kier alpha value is -2.49. The Labute approximate surface area is 189 Å². The topological polar surface area (TPSA) is 54.9 Å². The van der Waals surface area contributed by atoms with E-state index >= 15 is 0 Å². The van der Waals surface area contributed by atoms with Crippen molar-refractivity contribution in [3.05, 3.63) is 48.0 Å². The molecule has 0 N–H and O–H groups in total. The van der Waals surface area contributed by atoms with Crippen molar-refractivity contribution in [1.82, 2.24) is 9.88 Å². The largest absolute Gasteiger partial charge is 0.494 e. The minimum absolute atomic E-state index is 0. The van der Waals surface area contributed by atoms with E-state index in [1.807, 2.05) is 25.9 Å². The minimum atomic E-state index is -0.752. The molecule has 1 aromatic heterocycles. The molecular formula is C21H24ClF2N3O3S. The van der Waals surface area contributed by atoms with Crippen LogP contribution in [0.3, 0.4) is 0 Å². The highest BCUT2D eigenvalue weighted by molar-refractivity contribution is 7.22. The second-order valence-corrected chi connectivity index (χ2v) is 7.78. The second kappa shape index (κ2) is 11.2. The van der Waals surface area contributed by atoms with Gasteiger partial charge in [-0.25, -0.2) is 13.8 Å². The summed E-state index contributed by atoms with van der Waals surface area (Å²) in [5.41, 5.74) is 0.0477. The summed E-state index contributed by atoms with van der Waals surface area (Å²) in [5.74, 6) is -0.520. The molecule has 10 heteroatoms. The van der Waals surface area contributed by atoms with E-state index in [2.05, 4.69) is 4.98 Å². The van der Waals surface area contributed by atoms with Gasteiger partial charge in [0.2, 0.25) is 0 Å². The standard InChI is InChI=1S/C21H23F2N3O3S.ClH/c1-4-28-15-5-7-16(8-6-15)29-13-19(27)26(10-9-25(2)3)21-24-20-17(23)11-14(22)12-18(20)30-21;/h5-8,11-12H,4,9-10,13H2,1-3H3;1H. The molecule has 0 aliphatic heterocycles. The number of hydrogen-bond donors (Lipinski definition) is 0. The Balaban J connectivity index is 0.00000341. The quantitative estimate of drug-likeness (QED) is 0.464. The van der Waals surface area contributed by atoms with Crippen LogP contribution in [0.4, 0.5) is 13.9 Å². The molecule has 0 aliphatic rings. The molecule has 0 saturated carbocycles. The lowest BCUT2D eigenvalue weighted by molar-refractivity contribution is -0.120. The molecule has 0 aliphatic carbocycles. The summed E-state index contributed by atoms with van der Waals surface area (Å²) in [4.78, 5) is 20.5. The number of likely N-dealkylation sites (N-methyl/N-ethyl adjacent to an activating group) is 1. The van der Waals surface area contributed by atoms with E-state index in [4.69, 9.17) is 9.47 Å². The van der Waals surface area contributed by atoms with Gasteiger partial charge in [-0.1, -0.05) is 11.3 Å². The maximum atomic E-state index is 14.1. The van der Waals surface area contributed by atoms with Crippen molar-refractivity contribution in [2.45, 2.75) is 6.92 Å². The van der Waals surface area contributed by atoms with Gasteiger partial charge < -0.3 is 14.4 Å². The number of aromatic nitrogens is 1. The number of carbonyl (C=O) groups is 1. The summed E-state index contributed by atoms with van der Waals surface area (Å²) >= 11 is 1.07. The van der Waals surface area contributed by atoms with Gasteiger partial charge in [-0.3, -0.25) is 9.69 Å². The van der Waals surface area contributed by atoms with Crippen molar-refractivity contribution in [1.29, 1.82) is 0 Å². The van der Waals surface area contributed by atoms with E-state index in [9.17, 15) is 13.6 Å². The zero-order valence-electron chi connectivity index (χ0n) is 17.4. The lowest BCUT2D eigenvalue weighted by atomic mass is 10.3. The molecule has 168 valence electrons. The first kappa shape index (κ1) is 24.8. The summed E-state index contributed by atoms with van der Waals surface area (Å²) in [5, 5.41) is 0.302. The number of fused-ring (bicyclic) bond motifs is 1. The number of thiazole rings is 1. The van der Waals surface area contributed by atoms with Gasteiger partial charge in [0.1, 0.15) is 22.8 Å². The molecule has 0 fully saturated rings. The number of ether oxygens (including phenoxy) is 2. The van der Waals surface area contributed by atoms with E-state index < -0.39 is 11.6 Å². The number of rotatable bonds is 9. The third kappa shape index (κ3) is 6.49. The highest BCUT2D eigenvalue weighted by Crippen LogP contribution is 2.31. The lowest BCUT2D eigenvalue weighted by Gasteiger charge is -2.22. The van der Waals surface area contributed by atoms with Crippen LogP contribution in [0.5, 0.6) is 11.5 Å². The summed E-state index contributed by atoms with van der Waals surface area (Å²) in [6.45, 7) is 3.15. The first-order chi connectivity index (χ1) is 14.4. The van der Waals surface area contributed by atoms with Crippen molar-refractivity contribution in [2.75, 3.05) is 45.3 Å². The number of carbonyl (C=O) groups excluding carboxylic acids is 1. The van der Waals surface area contributed by atoms with E-state index in [1.165, 1.54) is 11.0 Å². The van der Waals surface area contributed by atoms with Crippen LogP contribution in [0.2, 0.25) is 0 Å². The number of nitrogens with zero attached hydrogens (tertiary/aromatic N) is 3. The van der Waals surface area contributed by atoms with E-state index in [0.717, 1.165) is 17.4 Å². The molecule has 0 radical (unpaired) electrons. The molecule has 1 amide bonds. The Morgan fingerprint density at radius 3 is 2.32 bits per heavy atom. The fourth-order valence-electron chi connectivity index (χ4n) is 2.71. The van der Waals surface area contributed by atoms with Gasteiger partial charge >= 0.3 is 0 Å². The normalized spacial score (nSPS) is 10.8. The van der Waals surface area contributed by atoms with E-state index in [1.54, 1.807) is 24.3 Å². The average molecular weight is 472 g/mol. The first-order valence-electron chi connectivity index (χ1n) is 9.43. The lowest BCUT2D eigenvalue weighted by Crippen LogP contribution is -2.39. The predicted octanol–water partition coefficient (Wildman–Crippen LogP) is 4.37. The number of halogens is 3. The monoisotopic (exact) mass is 471 g/mol. The van der Waals surface area contributed by atoms with Gasteiger partial charge in [-0.15, -0.1) is 12.4 Å². The van der Waals surface area contributed by atoms with Crippen LogP contribution in [-0.2, 0) is 4.79 Å². The van der Waals surface area contributed by atoms with Gasteiger partial charge in [0, 0.05) is 19.2 Å². The maximum absolute atomic E-state index is 14.1. The molecular weight excluding hydrogens is 448 g/mol. The Morgan fingerprint density at radius 1 is 1.06 bits per heavy atom. The van der Waals surface area contributed by atoms with Crippen molar-refractivity contribution >= 4 is 45.0 Å².